The van der Waals surface area contributed by atoms with Crippen molar-refractivity contribution in [1.82, 2.24) is 4.90 Å². The largest absolute Gasteiger partial charge is 0.497 e. The Labute approximate surface area is 181 Å². The van der Waals surface area contributed by atoms with Crippen LogP contribution in [0.5, 0.6) is 5.75 Å². The Balaban J connectivity index is 1.44. The van der Waals surface area contributed by atoms with Gasteiger partial charge in [-0.3, -0.25) is 9.69 Å². The van der Waals surface area contributed by atoms with E-state index >= 15 is 0 Å². The quantitative estimate of drug-likeness (QED) is 0.791. The van der Waals surface area contributed by atoms with Gasteiger partial charge >= 0.3 is 6.03 Å². The normalized spacial score (nSPS) is 18.0. The van der Waals surface area contributed by atoms with E-state index in [0.717, 1.165) is 35.5 Å². The lowest BCUT2D eigenvalue weighted by molar-refractivity contribution is -0.116. The summed E-state index contributed by atoms with van der Waals surface area (Å²) in [4.78, 5) is 28.9. The first-order valence-electron chi connectivity index (χ1n) is 10.2. The van der Waals surface area contributed by atoms with Gasteiger partial charge in [0.05, 0.1) is 17.7 Å². The van der Waals surface area contributed by atoms with Gasteiger partial charge in [0.2, 0.25) is 5.91 Å². The summed E-state index contributed by atoms with van der Waals surface area (Å²) in [6.45, 7) is 5.32. The number of methoxy groups -OCH3 is 1. The molecule has 6 nitrogen and oxygen atoms in total. The number of rotatable bonds is 3. The lowest BCUT2D eigenvalue weighted by atomic mass is 10.0. The average molecular weight is 426 g/mol. The molecule has 3 amide bonds. The monoisotopic (exact) mass is 425 g/mol. The molecule has 1 spiro atoms. The lowest BCUT2D eigenvalue weighted by Gasteiger charge is -2.43. The van der Waals surface area contributed by atoms with Gasteiger partial charge in [-0.05, 0) is 74.2 Å². The van der Waals surface area contributed by atoms with Crippen LogP contribution < -0.4 is 15.0 Å². The van der Waals surface area contributed by atoms with E-state index in [1.807, 2.05) is 59.2 Å². The SMILES string of the molecule is COc1ccc(N2C(=O)CSC23CCN(C(=O)Nc2ccc(C)c(C)c2)CC3)cc1. The van der Waals surface area contributed by atoms with E-state index in [0.29, 0.717) is 18.8 Å². The van der Waals surface area contributed by atoms with E-state index in [1.54, 1.807) is 18.9 Å². The van der Waals surface area contributed by atoms with Crippen LogP contribution in [0.25, 0.3) is 0 Å². The molecule has 1 N–H and O–H groups in total. The summed E-state index contributed by atoms with van der Waals surface area (Å²) in [5.74, 6) is 1.36. The maximum atomic E-state index is 12.8. The molecule has 2 heterocycles. The van der Waals surface area contributed by atoms with Crippen molar-refractivity contribution in [2.45, 2.75) is 31.6 Å². The van der Waals surface area contributed by atoms with Gasteiger partial charge in [-0.2, -0.15) is 0 Å². The minimum Gasteiger partial charge on any atom is -0.497 e. The summed E-state index contributed by atoms with van der Waals surface area (Å²) in [7, 11) is 1.63. The Hall–Kier alpha value is -2.67. The zero-order valence-corrected chi connectivity index (χ0v) is 18.4. The zero-order chi connectivity index (χ0) is 21.3. The molecule has 2 aliphatic rings. The summed E-state index contributed by atoms with van der Waals surface area (Å²) in [5.41, 5.74) is 4.06. The molecule has 0 unspecified atom stereocenters. The third-order valence-electron chi connectivity index (χ3n) is 6.04. The Bertz CT molecular complexity index is 953. The van der Waals surface area contributed by atoms with E-state index < -0.39 is 0 Å². The molecule has 4 rings (SSSR count). The Morgan fingerprint density at radius 2 is 1.77 bits per heavy atom. The van der Waals surface area contributed by atoms with E-state index in [9.17, 15) is 9.59 Å². The fourth-order valence-corrected chi connectivity index (χ4v) is 5.44. The number of likely N-dealkylation sites (tertiary alicyclic amines) is 1. The molecule has 0 saturated carbocycles. The van der Waals surface area contributed by atoms with Gasteiger partial charge < -0.3 is 15.0 Å². The first-order valence-corrected chi connectivity index (χ1v) is 11.1. The number of amides is 3. The number of nitrogens with one attached hydrogen (secondary N) is 1. The smallest absolute Gasteiger partial charge is 0.321 e. The van der Waals surface area contributed by atoms with Gasteiger partial charge in [0.1, 0.15) is 5.75 Å². The molecule has 7 heteroatoms. The van der Waals surface area contributed by atoms with Gasteiger partial charge in [-0.15, -0.1) is 11.8 Å². The zero-order valence-electron chi connectivity index (χ0n) is 17.6. The highest BCUT2D eigenvalue weighted by Crippen LogP contribution is 2.47. The summed E-state index contributed by atoms with van der Waals surface area (Å²) >= 11 is 1.69. The Kier molecular flexibility index (Phi) is 5.64. The second-order valence-electron chi connectivity index (χ2n) is 7.88. The van der Waals surface area contributed by atoms with Crippen molar-refractivity contribution < 1.29 is 14.3 Å². The maximum absolute atomic E-state index is 12.8. The van der Waals surface area contributed by atoms with Gasteiger partial charge in [0, 0.05) is 24.5 Å². The standard InChI is InChI=1S/C23H27N3O3S/c1-16-4-5-18(14-17(16)2)24-22(28)25-12-10-23(11-13-25)26(21(27)15-30-23)19-6-8-20(29-3)9-7-19/h4-9,14H,10-13,15H2,1-3H3,(H,24,28). The molecule has 2 aromatic rings. The third-order valence-corrected chi connectivity index (χ3v) is 7.56. The highest BCUT2D eigenvalue weighted by atomic mass is 32.2. The Morgan fingerprint density at radius 1 is 1.07 bits per heavy atom. The number of benzene rings is 2. The molecule has 2 aromatic carbocycles. The van der Waals surface area contributed by atoms with E-state index in [2.05, 4.69) is 12.2 Å². The number of thioether (sulfide) groups is 1. The number of nitrogens with zero attached hydrogens (tertiary/aromatic N) is 2. The summed E-state index contributed by atoms with van der Waals surface area (Å²) in [5, 5.41) is 3.01. The van der Waals surface area contributed by atoms with Crippen LogP contribution in [0.2, 0.25) is 0 Å². The summed E-state index contributed by atoms with van der Waals surface area (Å²) in [6, 6.07) is 13.5. The molecule has 0 atom stereocenters. The molecule has 2 fully saturated rings. The van der Waals surface area contributed by atoms with Crippen LogP contribution in [0.1, 0.15) is 24.0 Å². The molecular formula is C23H27N3O3S. The fraction of sp³-hybridized carbons (Fsp3) is 0.391. The molecule has 0 radical (unpaired) electrons. The first kappa shape index (κ1) is 20.6. The van der Waals surface area contributed by atoms with Crippen molar-refractivity contribution in [3.63, 3.8) is 0 Å². The van der Waals surface area contributed by atoms with Gasteiger partial charge in [-0.1, -0.05) is 6.07 Å². The predicted molar refractivity (Wildman–Crippen MR) is 121 cm³/mol. The van der Waals surface area contributed by atoms with Crippen molar-refractivity contribution in [1.29, 1.82) is 0 Å². The fourth-order valence-electron chi connectivity index (χ4n) is 4.11. The summed E-state index contributed by atoms with van der Waals surface area (Å²) < 4.78 is 5.24. The number of carbonyl (C=O) groups is 2. The number of urea groups is 1. The van der Waals surface area contributed by atoms with Gasteiger partial charge in [-0.25, -0.2) is 4.79 Å². The van der Waals surface area contributed by atoms with Crippen molar-refractivity contribution in [2.75, 3.05) is 36.2 Å². The maximum Gasteiger partial charge on any atom is 0.321 e. The number of hydrogen-bond acceptors (Lipinski definition) is 4. The minimum absolute atomic E-state index is 0.0848. The Morgan fingerprint density at radius 3 is 2.40 bits per heavy atom. The number of hydrogen-bond donors (Lipinski definition) is 1. The highest BCUT2D eigenvalue weighted by molar-refractivity contribution is 8.02. The van der Waals surface area contributed by atoms with Crippen LogP contribution in [0, 0.1) is 13.8 Å². The van der Waals surface area contributed by atoms with Crippen molar-refractivity contribution in [2.24, 2.45) is 0 Å². The molecule has 0 bridgehead atoms. The third kappa shape index (κ3) is 3.86. The van der Waals surface area contributed by atoms with Crippen molar-refractivity contribution in [3.05, 3.63) is 53.6 Å². The average Bonchev–Trinajstić information content (AvgIpc) is 3.07. The number of carbonyl (C=O) groups excluding carboxylic acids is 2. The molecule has 0 aliphatic carbocycles. The molecule has 30 heavy (non-hydrogen) atoms. The minimum atomic E-state index is -0.289. The van der Waals surface area contributed by atoms with Gasteiger partial charge in [0.25, 0.3) is 0 Å². The second kappa shape index (κ2) is 8.22. The summed E-state index contributed by atoms with van der Waals surface area (Å²) in [6.07, 6.45) is 1.49. The lowest BCUT2D eigenvalue weighted by Crippen LogP contribution is -2.53. The van der Waals surface area contributed by atoms with Crippen molar-refractivity contribution in [3.8, 4) is 5.75 Å². The molecule has 158 valence electrons. The van der Waals surface area contributed by atoms with Crippen molar-refractivity contribution >= 4 is 35.1 Å². The molecule has 2 saturated heterocycles. The first-order chi connectivity index (χ1) is 14.4. The number of aryl methyl sites for hydroxylation is 2. The topological polar surface area (TPSA) is 61.9 Å². The number of anilines is 2. The van der Waals surface area contributed by atoms with Gasteiger partial charge in [0.15, 0.2) is 0 Å². The van der Waals surface area contributed by atoms with Crippen LogP contribution in [0.15, 0.2) is 42.5 Å². The highest BCUT2D eigenvalue weighted by Gasteiger charge is 2.49. The number of ether oxygens (including phenoxy) is 1. The molecule has 2 aliphatic heterocycles. The molecule has 0 aromatic heterocycles. The van der Waals surface area contributed by atoms with Crippen LogP contribution in [-0.2, 0) is 4.79 Å². The van der Waals surface area contributed by atoms with E-state index in [-0.39, 0.29) is 16.8 Å². The van der Waals surface area contributed by atoms with E-state index in [1.165, 1.54) is 5.56 Å². The van der Waals surface area contributed by atoms with Crippen LogP contribution in [0.3, 0.4) is 0 Å². The second-order valence-corrected chi connectivity index (χ2v) is 9.22. The van der Waals surface area contributed by atoms with Crippen LogP contribution >= 0.6 is 11.8 Å². The molecular weight excluding hydrogens is 398 g/mol. The predicted octanol–water partition coefficient (Wildman–Crippen LogP) is 4.42. The van der Waals surface area contributed by atoms with Crippen LogP contribution in [0.4, 0.5) is 16.2 Å². The van der Waals surface area contributed by atoms with E-state index in [4.69, 9.17) is 4.74 Å². The number of piperidine rings is 1. The van der Waals surface area contributed by atoms with Crippen LogP contribution in [-0.4, -0.2) is 47.7 Å².